The van der Waals surface area contributed by atoms with Gasteiger partial charge in [0, 0.05) is 24.7 Å². The molecule has 1 amide bonds. The van der Waals surface area contributed by atoms with Gasteiger partial charge in [-0.3, -0.25) is 14.5 Å². The average molecular weight is 294 g/mol. The zero-order valence-corrected chi connectivity index (χ0v) is 12.5. The maximum atomic E-state index is 11.9. The van der Waals surface area contributed by atoms with Gasteiger partial charge in [-0.2, -0.15) is 0 Å². The monoisotopic (exact) mass is 294 g/mol. The van der Waals surface area contributed by atoms with E-state index in [0.717, 1.165) is 6.42 Å². The topological polar surface area (TPSA) is 78.9 Å². The Morgan fingerprint density at radius 2 is 2.10 bits per heavy atom. The van der Waals surface area contributed by atoms with E-state index in [1.54, 1.807) is 36.3 Å². The summed E-state index contributed by atoms with van der Waals surface area (Å²) in [7, 11) is 1.56. The highest BCUT2D eigenvalue weighted by atomic mass is 16.5. The lowest BCUT2D eigenvalue weighted by molar-refractivity contribution is -0.138. The number of nitrogens with zero attached hydrogens (tertiary/aromatic N) is 1. The normalized spacial score (nSPS) is 10.4. The SMILES string of the molecule is CCCN(CCC(=O)Nc1cccc(OC)c1)CC(=O)O. The molecule has 2 N–H and O–H groups in total. The summed E-state index contributed by atoms with van der Waals surface area (Å²) in [6.07, 6.45) is 1.11. The molecule has 0 aliphatic rings. The van der Waals surface area contributed by atoms with Crippen LogP contribution in [0.5, 0.6) is 5.75 Å². The zero-order valence-electron chi connectivity index (χ0n) is 12.5. The number of carbonyl (C=O) groups excluding carboxylic acids is 1. The minimum absolute atomic E-state index is 0.0414. The molecule has 0 radical (unpaired) electrons. The molecule has 1 rings (SSSR count). The smallest absolute Gasteiger partial charge is 0.317 e. The van der Waals surface area contributed by atoms with Gasteiger partial charge in [-0.25, -0.2) is 0 Å². The number of hydrogen-bond acceptors (Lipinski definition) is 4. The van der Waals surface area contributed by atoms with Gasteiger partial charge in [0.1, 0.15) is 5.75 Å². The van der Waals surface area contributed by atoms with Crippen LogP contribution in [0.1, 0.15) is 19.8 Å². The number of hydrogen-bond donors (Lipinski definition) is 2. The molecule has 1 aromatic carbocycles. The molecule has 0 spiro atoms. The Bertz CT molecular complexity index is 476. The number of methoxy groups -OCH3 is 1. The number of benzene rings is 1. The molecule has 0 atom stereocenters. The van der Waals surface area contributed by atoms with Gasteiger partial charge in [0.2, 0.25) is 5.91 Å². The first-order valence-electron chi connectivity index (χ1n) is 6.93. The van der Waals surface area contributed by atoms with Gasteiger partial charge in [-0.05, 0) is 25.1 Å². The molecule has 0 unspecified atom stereocenters. The molecule has 1 aromatic rings. The maximum Gasteiger partial charge on any atom is 0.317 e. The number of ether oxygens (including phenoxy) is 1. The van der Waals surface area contributed by atoms with E-state index in [4.69, 9.17) is 9.84 Å². The Morgan fingerprint density at radius 1 is 1.33 bits per heavy atom. The zero-order chi connectivity index (χ0) is 15.7. The van der Waals surface area contributed by atoms with Crippen LogP contribution in [0.15, 0.2) is 24.3 Å². The van der Waals surface area contributed by atoms with Gasteiger partial charge in [-0.1, -0.05) is 13.0 Å². The van der Waals surface area contributed by atoms with E-state index in [-0.39, 0.29) is 18.9 Å². The fourth-order valence-corrected chi connectivity index (χ4v) is 1.96. The van der Waals surface area contributed by atoms with E-state index in [1.807, 2.05) is 6.92 Å². The molecule has 0 saturated heterocycles. The second kappa shape index (κ2) is 8.97. The number of carboxylic acids is 1. The van der Waals surface area contributed by atoms with Crippen LogP contribution in [0.4, 0.5) is 5.69 Å². The molecule has 0 heterocycles. The van der Waals surface area contributed by atoms with Crippen LogP contribution in [0.25, 0.3) is 0 Å². The first-order chi connectivity index (χ1) is 10.0. The van der Waals surface area contributed by atoms with Crippen LogP contribution in [0.3, 0.4) is 0 Å². The van der Waals surface area contributed by atoms with Gasteiger partial charge in [-0.15, -0.1) is 0 Å². The second-order valence-corrected chi connectivity index (χ2v) is 4.70. The van der Waals surface area contributed by atoms with Crippen molar-refractivity contribution in [2.45, 2.75) is 19.8 Å². The predicted octanol–water partition coefficient (Wildman–Crippen LogP) is 1.82. The molecule has 0 bridgehead atoms. The largest absolute Gasteiger partial charge is 0.497 e. The number of aliphatic carboxylic acids is 1. The molecule has 116 valence electrons. The molecule has 0 saturated carbocycles. The van der Waals surface area contributed by atoms with Crippen molar-refractivity contribution in [2.24, 2.45) is 0 Å². The van der Waals surface area contributed by atoms with E-state index in [1.165, 1.54) is 0 Å². The molecular formula is C15H22N2O4. The fraction of sp³-hybridized carbons (Fsp3) is 0.467. The minimum Gasteiger partial charge on any atom is -0.497 e. The maximum absolute atomic E-state index is 11.9. The van der Waals surface area contributed by atoms with Crippen LogP contribution in [-0.2, 0) is 9.59 Å². The van der Waals surface area contributed by atoms with Crippen molar-refractivity contribution in [3.63, 3.8) is 0 Å². The molecular weight excluding hydrogens is 272 g/mol. The van der Waals surface area contributed by atoms with Crippen LogP contribution in [-0.4, -0.2) is 48.6 Å². The highest BCUT2D eigenvalue weighted by Gasteiger charge is 2.11. The van der Waals surface area contributed by atoms with E-state index < -0.39 is 5.97 Å². The lowest BCUT2D eigenvalue weighted by atomic mass is 10.2. The quantitative estimate of drug-likeness (QED) is 0.726. The van der Waals surface area contributed by atoms with Crippen LogP contribution in [0, 0.1) is 0 Å². The number of rotatable bonds is 9. The fourth-order valence-electron chi connectivity index (χ4n) is 1.96. The van der Waals surface area contributed by atoms with Crippen LogP contribution >= 0.6 is 0 Å². The summed E-state index contributed by atoms with van der Waals surface area (Å²) in [5, 5.41) is 11.6. The number of carbonyl (C=O) groups is 2. The van der Waals surface area contributed by atoms with Gasteiger partial charge >= 0.3 is 5.97 Å². The Labute approximate surface area is 124 Å². The highest BCUT2D eigenvalue weighted by molar-refractivity contribution is 5.91. The van der Waals surface area contributed by atoms with E-state index >= 15 is 0 Å². The van der Waals surface area contributed by atoms with Gasteiger partial charge in [0.05, 0.1) is 13.7 Å². The lowest BCUT2D eigenvalue weighted by Crippen LogP contribution is -2.33. The minimum atomic E-state index is -0.878. The lowest BCUT2D eigenvalue weighted by Gasteiger charge is -2.18. The van der Waals surface area contributed by atoms with Gasteiger partial charge in [0.15, 0.2) is 0 Å². The van der Waals surface area contributed by atoms with Crippen LogP contribution in [0.2, 0.25) is 0 Å². The number of nitrogens with one attached hydrogen (secondary N) is 1. The van der Waals surface area contributed by atoms with Crippen molar-refractivity contribution in [3.8, 4) is 5.75 Å². The van der Waals surface area contributed by atoms with E-state index in [0.29, 0.717) is 24.5 Å². The number of carboxylic acid groups (broad SMARTS) is 1. The average Bonchev–Trinajstić information content (AvgIpc) is 2.44. The van der Waals surface area contributed by atoms with E-state index in [9.17, 15) is 9.59 Å². The third kappa shape index (κ3) is 6.76. The summed E-state index contributed by atoms with van der Waals surface area (Å²) in [5.41, 5.74) is 0.666. The molecule has 21 heavy (non-hydrogen) atoms. The Morgan fingerprint density at radius 3 is 2.71 bits per heavy atom. The standard InChI is InChI=1S/C15H22N2O4/c1-3-8-17(11-15(19)20)9-7-14(18)16-12-5-4-6-13(10-12)21-2/h4-6,10H,3,7-9,11H2,1-2H3,(H,16,18)(H,19,20). The summed E-state index contributed by atoms with van der Waals surface area (Å²) >= 11 is 0. The Hall–Kier alpha value is -2.08. The molecule has 0 aliphatic heterocycles. The summed E-state index contributed by atoms with van der Waals surface area (Å²) in [5.74, 6) is -0.349. The van der Waals surface area contributed by atoms with Crippen molar-refractivity contribution in [2.75, 3.05) is 32.1 Å². The van der Waals surface area contributed by atoms with Crippen LogP contribution < -0.4 is 10.1 Å². The first kappa shape index (κ1) is 17.0. The number of amides is 1. The Balaban J connectivity index is 2.46. The molecule has 0 aliphatic carbocycles. The molecule has 0 aromatic heterocycles. The first-order valence-corrected chi connectivity index (χ1v) is 6.93. The van der Waals surface area contributed by atoms with Gasteiger partial charge in [0.25, 0.3) is 0 Å². The van der Waals surface area contributed by atoms with Gasteiger partial charge < -0.3 is 15.2 Å². The number of anilines is 1. The Kier molecular flexibility index (Phi) is 7.25. The summed E-state index contributed by atoms with van der Waals surface area (Å²) in [6, 6.07) is 7.11. The van der Waals surface area contributed by atoms with Crippen molar-refractivity contribution >= 4 is 17.6 Å². The molecule has 0 fully saturated rings. The molecule has 6 nitrogen and oxygen atoms in total. The molecule has 6 heteroatoms. The summed E-state index contributed by atoms with van der Waals surface area (Å²) in [4.78, 5) is 24.4. The highest BCUT2D eigenvalue weighted by Crippen LogP contribution is 2.16. The summed E-state index contributed by atoms with van der Waals surface area (Å²) < 4.78 is 5.09. The van der Waals surface area contributed by atoms with Crippen molar-refractivity contribution < 1.29 is 19.4 Å². The van der Waals surface area contributed by atoms with Crippen molar-refractivity contribution in [1.29, 1.82) is 0 Å². The third-order valence-electron chi connectivity index (χ3n) is 2.91. The second-order valence-electron chi connectivity index (χ2n) is 4.70. The summed E-state index contributed by atoms with van der Waals surface area (Å²) in [6.45, 7) is 3.03. The predicted molar refractivity (Wildman–Crippen MR) is 80.6 cm³/mol. The van der Waals surface area contributed by atoms with E-state index in [2.05, 4.69) is 5.32 Å². The van der Waals surface area contributed by atoms with Crippen molar-refractivity contribution in [1.82, 2.24) is 4.90 Å². The van der Waals surface area contributed by atoms with Crippen molar-refractivity contribution in [3.05, 3.63) is 24.3 Å². The third-order valence-corrected chi connectivity index (χ3v) is 2.91.